The highest BCUT2D eigenvalue weighted by Crippen LogP contribution is 2.06. The van der Waals surface area contributed by atoms with Crippen LogP contribution in [0.4, 0.5) is 0 Å². The second-order valence-corrected chi connectivity index (χ2v) is 6.07. The molecule has 0 saturated carbocycles. The number of nitrogens with zero attached hydrogens (tertiary/aromatic N) is 1. The molecule has 1 saturated heterocycles. The number of hydrogen-bond donors (Lipinski definition) is 1. The predicted molar refractivity (Wildman–Crippen MR) is 57.6 cm³/mol. The SMILES string of the molecule is O=C(O)CCCC(=O)N=S1(=O)CCOCC1. The Hall–Kier alpha value is -0.950. The molecule has 1 amide bonds. The van der Waals surface area contributed by atoms with Crippen molar-refractivity contribution in [1.82, 2.24) is 0 Å². The first-order chi connectivity index (χ1) is 7.52. The van der Waals surface area contributed by atoms with E-state index >= 15 is 0 Å². The molecule has 1 fully saturated rings. The molecular formula is C9H15NO5S. The molecule has 0 aliphatic carbocycles. The summed E-state index contributed by atoms with van der Waals surface area (Å²) in [6.07, 6.45) is 0.222. The molecule has 0 bridgehead atoms. The van der Waals surface area contributed by atoms with Crippen LogP contribution in [0.25, 0.3) is 0 Å². The van der Waals surface area contributed by atoms with Crippen LogP contribution < -0.4 is 0 Å². The van der Waals surface area contributed by atoms with Gasteiger partial charge in [-0.05, 0) is 6.42 Å². The van der Waals surface area contributed by atoms with Crippen LogP contribution in [0.15, 0.2) is 4.36 Å². The first kappa shape index (κ1) is 13.1. The molecule has 16 heavy (non-hydrogen) atoms. The molecule has 1 aliphatic heterocycles. The summed E-state index contributed by atoms with van der Waals surface area (Å²) in [7, 11) is -2.44. The average molecular weight is 249 g/mol. The van der Waals surface area contributed by atoms with Gasteiger partial charge in [0.2, 0.25) is 0 Å². The molecule has 0 aromatic carbocycles. The van der Waals surface area contributed by atoms with Gasteiger partial charge in [0.15, 0.2) is 0 Å². The summed E-state index contributed by atoms with van der Waals surface area (Å²) in [5.74, 6) is -0.828. The van der Waals surface area contributed by atoms with E-state index in [1.165, 1.54) is 0 Å². The maximum Gasteiger partial charge on any atom is 0.303 e. The zero-order chi connectivity index (χ0) is 12.0. The quantitative estimate of drug-likeness (QED) is 0.771. The van der Waals surface area contributed by atoms with Crippen LogP contribution in [0.3, 0.4) is 0 Å². The van der Waals surface area contributed by atoms with Gasteiger partial charge in [0.1, 0.15) is 0 Å². The van der Waals surface area contributed by atoms with Gasteiger partial charge in [-0.3, -0.25) is 9.59 Å². The molecule has 1 N–H and O–H groups in total. The number of carbonyl (C=O) groups is 2. The minimum absolute atomic E-state index is 0.0458. The smallest absolute Gasteiger partial charge is 0.303 e. The van der Waals surface area contributed by atoms with Crippen molar-refractivity contribution in [3.8, 4) is 0 Å². The first-order valence-electron chi connectivity index (χ1n) is 5.07. The number of aliphatic carboxylic acids is 1. The Morgan fingerprint density at radius 1 is 1.25 bits per heavy atom. The number of carboxylic acids is 1. The van der Waals surface area contributed by atoms with E-state index in [1.54, 1.807) is 0 Å². The van der Waals surface area contributed by atoms with E-state index in [2.05, 4.69) is 4.36 Å². The van der Waals surface area contributed by atoms with Crippen molar-refractivity contribution in [3.63, 3.8) is 0 Å². The molecule has 0 spiro atoms. The van der Waals surface area contributed by atoms with Crippen LogP contribution in [0.2, 0.25) is 0 Å². The average Bonchev–Trinajstić information content (AvgIpc) is 2.17. The lowest BCUT2D eigenvalue weighted by atomic mass is 10.2. The van der Waals surface area contributed by atoms with Gasteiger partial charge in [0.05, 0.1) is 34.4 Å². The molecule has 0 radical (unpaired) electrons. The first-order valence-corrected chi connectivity index (χ1v) is 6.92. The van der Waals surface area contributed by atoms with Crippen molar-refractivity contribution in [1.29, 1.82) is 0 Å². The molecule has 1 rings (SSSR count). The van der Waals surface area contributed by atoms with Crippen molar-refractivity contribution in [2.24, 2.45) is 4.36 Å². The summed E-state index contributed by atoms with van der Waals surface area (Å²) in [4.78, 5) is 21.5. The number of hydrogen-bond acceptors (Lipinski definition) is 4. The van der Waals surface area contributed by atoms with Crippen molar-refractivity contribution < 1.29 is 23.6 Å². The molecule has 1 heterocycles. The molecule has 0 atom stereocenters. The van der Waals surface area contributed by atoms with Crippen molar-refractivity contribution in [2.75, 3.05) is 24.7 Å². The largest absolute Gasteiger partial charge is 0.481 e. The molecular weight excluding hydrogens is 234 g/mol. The lowest BCUT2D eigenvalue weighted by Gasteiger charge is -2.15. The summed E-state index contributed by atoms with van der Waals surface area (Å²) in [5.41, 5.74) is 0. The van der Waals surface area contributed by atoms with Crippen molar-refractivity contribution in [3.05, 3.63) is 0 Å². The van der Waals surface area contributed by atoms with E-state index in [9.17, 15) is 13.8 Å². The van der Waals surface area contributed by atoms with Crippen LogP contribution in [-0.4, -0.2) is 45.9 Å². The van der Waals surface area contributed by atoms with Gasteiger partial charge in [-0.2, -0.15) is 4.36 Å². The Morgan fingerprint density at radius 2 is 1.88 bits per heavy atom. The summed E-state index contributed by atoms with van der Waals surface area (Å²) in [6, 6.07) is 0. The number of carboxylic acid groups (broad SMARTS) is 1. The van der Waals surface area contributed by atoms with Gasteiger partial charge in [-0.15, -0.1) is 0 Å². The number of amides is 1. The molecule has 7 heteroatoms. The summed E-state index contributed by atoms with van der Waals surface area (Å²) >= 11 is 0. The highest BCUT2D eigenvalue weighted by Gasteiger charge is 2.16. The zero-order valence-corrected chi connectivity index (χ0v) is 9.70. The molecule has 0 aromatic rings. The fourth-order valence-corrected chi connectivity index (χ4v) is 2.90. The highest BCUT2D eigenvalue weighted by atomic mass is 32.2. The van der Waals surface area contributed by atoms with Gasteiger partial charge in [0.25, 0.3) is 5.91 Å². The predicted octanol–water partition coefficient (Wildman–Crippen LogP) is 0.266. The van der Waals surface area contributed by atoms with Gasteiger partial charge in [0, 0.05) is 12.8 Å². The lowest BCUT2D eigenvalue weighted by molar-refractivity contribution is -0.137. The fraction of sp³-hybridized carbons (Fsp3) is 0.778. The Morgan fingerprint density at radius 3 is 2.44 bits per heavy atom. The molecule has 0 unspecified atom stereocenters. The molecule has 1 aliphatic rings. The Labute approximate surface area is 94.2 Å². The maximum absolute atomic E-state index is 11.9. The Bertz CT molecular complexity index is 371. The van der Waals surface area contributed by atoms with Crippen molar-refractivity contribution >= 4 is 21.6 Å². The molecule has 0 aromatic heterocycles. The highest BCUT2D eigenvalue weighted by molar-refractivity contribution is 7.93. The second-order valence-electron chi connectivity index (χ2n) is 3.53. The second kappa shape index (κ2) is 5.95. The monoisotopic (exact) mass is 249 g/mol. The number of ether oxygens (including phenoxy) is 1. The topological polar surface area (TPSA) is 93.0 Å². The van der Waals surface area contributed by atoms with Crippen LogP contribution in [0.1, 0.15) is 19.3 Å². The molecule has 6 nitrogen and oxygen atoms in total. The van der Waals surface area contributed by atoms with Gasteiger partial charge in [-0.1, -0.05) is 0 Å². The van der Waals surface area contributed by atoms with E-state index < -0.39 is 21.6 Å². The lowest BCUT2D eigenvalue weighted by Crippen LogP contribution is -2.26. The standard InChI is InChI=1S/C9H15NO5S/c11-8(2-1-3-9(12)13)10-16(14)6-4-15-5-7-16/h1-7H2,(H,12,13). The number of carbonyl (C=O) groups excluding carboxylic acids is 1. The fourth-order valence-electron chi connectivity index (χ4n) is 1.30. The van der Waals surface area contributed by atoms with Gasteiger partial charge < -0.3 is 9.84 Å². The van der Waals surface area contributed by atoms with E-state index in [4.69, 9.17) is 9.84 Å². The summed E-state index contributed by atoms with van der Waals surface area (Å²) in [6.45, 7) is 0.732. The van der Waals surface area contributed by atoms with Crippen LogP contribution in [-0.2, 0) is 24.1 Å². The third-order valence-corrected chi connectivity index (χ3v) is 4.29. The van der Waals surface area contributed by atoms with Crippen molar-refractivity contribution in [2.45, 2.75) is 19.3 Å². The zero-order valence-electron chi connectivity index (χ0n) is 8.89. The third-order valence-electron chi connectivity index (χ3n) is 2.14. The van der Waals surface area contributed by atoms with E-state index in [-0.39, 0.29) is 30.8 Å². The summed E-state index contributed by atoms with van der Waals surface area (Å²) in [5, 5.41) is 8.38. The van der Waals surface area contributed by atoms with E-state index in [1.807, 2.05) is 0 Å². The summed E-state index contributed by atoms with van der Waals surface area (Å²) < 4.78 is 20.6. The minimum Gasteiger partial charge on any atom is -0.481 e. The Balaban J connectivity index is 2.45. The van der Waals surface area contributed by atoms with Gasteiger partial charge >= 0.3 is 5.97 Å². The minimum atomic E-state index is -2.44. The van der Waals surface area contributed by atoms with E-state index in [0.717, 1.165) is 0 Å². The maximum atomic E-state index is 11.9. The van der Waals surface area contributed by atoms with Crippen LogP contribution in [0.5, 0.6) is 0 Å². The normalized spacial score (nSPS) is 19.0. The Kier molecular flexibility index (Phi) is 4.88. The third kappa shape index (κ3) is 4.71. The van der Waals surface area contributed by atoms with Crippen LogP contribution >= 0.6 is 0 Å². The van der Waals surface area contributed by atoms with E-state index in [0.29, 0.717) is 13.2 Å². The number of rotatable bonds is 4. The van der Waals surface area contributed by atoms with Gasteiger partial charge in [-0.25, -0.2) is 4.21 Å². The molecule has 92 valence electrons. The van der Waals surface area contributed by atoms with Crippen LogP contribution in [0, 0.1) is 0 Å².